The summed E-state index contributed by atoms with van der Waals surface area (Å²) >= 11 is 5.72. The normalized spacial score (nSPS) is 10.6. The van der Waals surface area contributed by atoms with Crippen LogP contribution in [0, 0.1) is 5.92 Å². The Balaban J connectivity index is 3.04. The van der Waals surface area contributed by atoms with Crippen molar-refractivity contribution in [3.8, 4) is 0 Å². The second kappa shape index (κ2) is 5.82. The average molecular weight is 258 g/mol. The topological polar surface area (TPSA) is 66.3 Å². The van der Waals surface area contributed by atoms with Crippen molar-refractivity contribution in [3.05, 3.63) is 16.9 Å². The van der Waals surface area contributed by atoms with Gasteiger partial charge in [-0.25, -0.2) is 14.8 Å². The largest absolute Gasteiger partial charge is 0.476 e. The number of carboxylic acids is 1. The highest BCUT2D eigenvalue weighted by atomic mass is 35.5. The molecule has 0 radical (unpaired) electrons. The molecule has 0 amide bonds. The molecule has 0 aliphatic heterocycles. The van der Waals surface area contributed by atoms with Crippen molar-refractivity contribution in [2.45, 2.75) is 20.8 Å². The van der Waals surface area contributed by atoms with Crippen LogP contribution in [0.5, 0.6) is 0 Å². The van der Waals surface area contributed by atoms with Crippen LogP contribution in [-0.4, -0.2) is 34.1 Å². The number of halogens is 1. The molecule has 0 aliphatic rings. The van der Waals surface area contributed by atoms with Crippen LogP contribution in [0.25, 0.3) is 0 Å². The van der Waals surface area contributed by atoms with Gasteiger partial charge in [0.1, 0.15) is 0 Å². The molecule has 0 atom stereocenters. The first kappa shape index (κ1) is 13.7. The molecule has 0 aromatic carbocycles. The van der Waals surface area contributed by atoms with Gasteiger partial charge < -0.3 is 10.0 Å². The fourth-order valence-corrected chi connectivity index (χ4v) is 1.62. The van der Waals surface area contributed by atoms with Crippen LogP contribution < -0.4 is 4.90 Å². The predicted octanol–water partition coefficient (Wildman–Crippen LogP) is 2.31. The summed E-state index contributed by atoms with van der Waals surface area (Å²) in [5.74, 6) is -0.287. The Hall–Kier alpha value is -1.36. The minimum Gasteiger partial charge on any atom is -0.476 e. The highest BCUT2D eigenvalue weighted by Crippen LogP contribution is 2.17. The Morgan fingerprint density at radius 2 is 2.24 bits per heavy atom. The van der Waals surface area contributed by atoms with E-state index >= 15 is 0 Å². The molecule has 0 aliphatic carbocycles. The summed E-state index contributed by atoms with van der Waals surface area (Å²) in [5, 5.41) is 8.99. The van der Waals surface area contributed by atoms with E-state index < -0.39 is 5.97 Å². The van der Waals surface area contributed by atoms with Crippen LogP contribution in [0.3, 0.4) is 0 Å². The zero-order chi connectivity index (χ0) is 13.0. The molecule has 0 saturated carbocycles. The first-order valence-corrected chi connectivity index (χ1v) is 5.84. The van der Waals surface area contributed by atoms with Gasteiger partial charge in [-0.2, -0.15) is 0 Å². The van der Waals surface area contributed by atoms with E-state index in [1.165, 1.54) is 6.20 Å². The maximum atomic E-state index is 10.9. The van der Waals surface area contributed by atoms with Crippen LogP contribution in [0.15, 0.2) is 6.20 Å². The van der Waals surface area contributed by atoms with Gasteiger partial charge in [0.15, 0.2) is 5.69 Å². The van der Waals surface area contributed by atoms with E-state index in [1.54, 1.807) is 0 Å². The van der Waals surface area contributed by atoms with Crippen molar-refractivity contribution < 1.29 is 9.90 Å². The summed E-state index contributed by atoms with van der Waals surface area (Å²) in [5.41, 5.74) is -0.154. The van der Waals surface area contributed by atoms with E-state index in [2.05, 4.69) is 23.8 Å². The molecule has 6 heteroatoms. The molecular weight excluding hydrogens is 242 g/mol. The number of aromatic nitrogens is 2. The van der Waals surface area contributed by atoms with E-state index in [0.717, 1.165) is 13.1 Å². The fourth-order valence-electron chi connectivity index (χ4n) is 1.45. The Kier molecular flexibility index (Phi) is 4.69. The first-order chi connectivity index (χ1) is 7.95. The lowest BCUT2D eigenvalue weighted by Crippen LogP contribution is -2.29. The van der Waals surface area contributed by atoms with Gasteiger partial charge in [-0.05, 0) is 12.8 Å². The van der Waals surface area contributed by atoms with E-state index in [9.17, 15) is 4.79 Å². The third-order valence-corrected chi connectivity index (χ3v) is 2.46. The van der Waals surface area contributed by atoms with Crippen LogP contribution >= 0.6 is 11.6 Å². The summed E-state index contributed by atoms with van der Waals surface area (Å²) in [6.45, 7) is 7.63. The van der Waals surface area contributed by atoms with Gasteiger partial charge in [-0.3, -0.25) is 0 Å². The van der Waals surface area contributed by atoms with Crippen LogP contribution in [0.4, 0.5) is 5.95 Å². The highest BCUT2D eigenvalue weighted by Gasteiger charge is 2.16. The molecule has 5 nitrogen and oxygen atoms in total. The quantitative estimate of drug-likeness (QED) is 0.877. The Morgan fingerprint density at radius 3 is 2.71 bits per heavy atom. The van der Waals surface area contributed by atoms with Crippen LogP contribution in [0.2, 0.25) is 5.02 Å². The number of aromatic carboxylic acids is 1. The lowest BCUT2D eigenvalue weighted by molar-refractivity contribution is 0.0690. The fraction of sp³-hybridized carbons (Fsp3) is 0.545. The molecule has 0 saturated heterocycles. The maximum Gasteiger partial charge on any atom is 0.356 e. The van der Waals surface area contributed by atoms with E-state index in [0.29, 0.717) is 11.9 Å². The second-order valence-electron chi connectivity index (χ2n) is 4.10. The minimum atomic E-state index is -1.14. The molecule has 0 spiro atoms. The number of anilines is 1. The van der Waals surface area contributed by atoms with E-state index in [1.807, 2.05) is 11.8 Å². The first-order valence-electron chi connectivity index (χ1n) is 5.46. The molecule has 17 heavy (non-hydrogen) atoms. The summed E-state index contributed by atoms with van der Waals surface area (Å²) < 4.78 is 0. The molecule has 0 bridgehead atoms. The van der Waals surface area contributed by atoms with E-state index in [-0.39, 0.29) is 10.7 Å². The van der Waals surface area contributed by atoms with Crippen molar-refractivity contribution in [3.63, 3.8) is 0 Å². The van der Waals surface area contributed by atoms with Crippen molar-refractivity contribution in [1.82, 2.24) is 9.97 Å². The second-order valence-corrected chi connectivity index (χ2v) is 4.51. The molecule has 1 heterocycles. The van der Waals surface area contributed by atoms with Gasteiger partial charge in [-0.15, -0.1) is 0 Å². The van der Waals surface area contributed by atoms with Gasteiger partial charge in [0, 0.05) is 13.1 Å². The van der Waals surface area contributed by atoms with Crippen LogP contribution in [0.1, 0.15) is 31.3 Å². The standard InChI is InChI=1S/C11H16ClN3O2/c1-4-15(6-7(2)3)11-13-5-8(12)9(14-11)10(16)17/h5,7H,4,6H2,1-3H3,(H,16,17). The van der Waals surface area contributed by atoms with Gasteiger partial charge in [-0.1, -0.05) is 25.4 Å². The number of nitrogens with zero attached hydrogens (tertiary/aromatic N) is 3. The number of hydrogen-bond acceptors (Lipinski definition) is 4. The summed E-state index contributed by atoms with van der Waals surface area (Å²) in [6, 6.07) is 0. The number of carboxylic acid groups (broad SMARTS) is 1. The molecule has 0 fully saturated rings. The zero-order valence-corrected chi connectivity index (χ0v) is 10.9. The molecule has 1 aromatic heterocycles. The maximum absolute atomic E-state index is 10.9. The third-order valence-electron chi connectivity index (χ3n) is 2.18. The number of hydrogen-bond donors (Lipinski definition) is 1. The lowest BCUT2D eigenvalue weighted by Gasteiger charge is -2.22. The summed E-state index contributed by atoms with van der Waals surface area (Å²) in [6.07, 6.45) is 1.33. The van der Waals surface area contributed by atoms with Gasteiger partial charge in [0.2, 0.25) is 5.95 Å². The van der Waals surface area contributed by atoms with Crippen molar-refractivity contribution in [2.24, 2.45) is 5.92 Å². The molecule has 94 valence electrons. The zero-order valence-electron chi connectivity index (χ0n) is 10.1. The Labute approximate surface area is 105 Å². The van der Waals surface area contributed by atoms with Gasteiger partial charge in [0.25, 0.3) is 0 Å². The predicted molar refractivity (Wildman–Crippen MR) is 66.7 cm³/mol. The molecule has 1 N–H and O–H groups in total. The Morgan fingerprint density at radius 1 is 1.59 bits per heavy atom. The summed E-state index contributed by atoms with van der Waals surface area (Å²) in [7, 11) is 0. The third kappa shape index (κ3) is 3.56. The SMILES string of the molecule is CCN(CC(C)C)c1ncc(Cl)c(C(=O)O)n1. The number of rotatable bonds is 5. The molecule has 1 aromatic rings. The number of carbonyl (C=O) groups is 1. The van der Waals surface area contributed by atoms with Crippen molar-refractivity contribution in [2.75, 3.05) is 18.0 Å². The highest BCUT2D eigenvalue weighted by molar-refractivity contribution is 6.33. The van der Waals surface area contributed by atoms with Crippen LogP contribution in [-0.2, 0) is 0 Å². The monoisotopic (exact) mass is 257 g/mol. The van der Waals surface area contributed by atoms with E-state index in [4.69, 9.17) is 16.7 Å². The Bertz CT molecular complexity index is 410. The van der Waals surface area contributed by atoms with Crippen molar-refractivity contribution >= 4 is 23.5 Å². The van der Waals surface area contributed by atoms with Crippen molar-refractivity contribution in [1.29, 1.82) is 0 Å². The average Bonchev–Trinajstić information content (AvgIpc) is 2.26. The smallest absolute Gasteiger partial charge is 0.356 e. The van der Waals surface area contributed by atoms with Gasteiger partial charge in [0.05, 0.1) is 11.2 Å². The van der Waals surface area contributed by atoms with Gasteiger partial charge >= 0.3 is 5.97 Å². The molecule has 1 rings (SSSR count). The minimum absolute atomic E-state index is 0.0573. The molecule has 0 unspecified atom stereocenters. The molecular formula is C11H16ClN3O2. The summed E-state index contributed by atoms with van der Waals surface area (Å²) in [4.78, 5) is 20.9. The lowest BCUT2D eigenvalue weighted by atomic mass is 10.2.